The van der Waals surface area contributed by atoms with Crippen LogP contribution in [0.15, 0.2) is 89.8 Å². The minimum atomic E-state index is -0.500. The van der Waals surface area contributed by atoms with Crippen LogP contribution in [0.4, 0.5) is 10.5 Å². The number of nitrogens with zero attached hydrogens (tertiary/aromatic N) is 1. The lowest BCUT2D eigenvalue weighted by molar-refractivity contribution is -0.127. The summed E-state index contributed by atoms with van der Waals surface area (Å²) in [7, 11) is 0. The van der Waals surface area contributed by atoms with Crippen LogP contribution in [-0.4, -0.2) is 28.5 Å². The summed E-state index contributed by atoms with van der Waals surface area (Å²) in [6, 6.07) is 27.2. The summed E-state index contributed by atoms with van der Waals surface area (Å²) in [4.78, 5) is 39.4. The quantitative estimate of drug-likeness (QED) is 0.273. The molecule has 6 nitrogen and oxygen atoms in total. The van der Waals surface area contributed by atoms with Crippen LogP contribution >= 0.6 is 11.8 Å². The van der Waals surface area contributed by atoms with E-state index >= 15 is 0 Å². The van der Waals surface area contributed by atoms with Gasteiger partial charge in [0.15, 0.2) is 0 Å². The zero-order valence-corrected chi connectivity index (χ0v) is 21.9. The van der Waals surface area contributed by atoms with Crippen molar-refractivity contribution in [1.82, 2.24) is 4.90 Å². The van der Waals surface area contributed by atoms with Crippen molar-refractivity contribution >= 4 is 51.4 Å². The molecule has 5 rings (SSSR count). The van der Waals surface area contributed by atoms with Crippen molar-refractivity contribution in [2.24, 2.45) is 0 Å². The van der Waals surface area contributed by atoms with E-state index < -0.39 is 17.1 Å². The number of nitrogens with one attached hydrogen (secondary N) is 1. The van der Waals surface area contributed by atoms with Crippen LogP contribution in [0.1, 0.15) is 22.3 Å². The third-order valence-electron chi connectivity index (χ3n) is 6.38. The van der Waals surface area contributed by atoms with Crippen LogP contribution in [0.2, 0.25) is 0 Å². The highest BCUT2D eigenvalue weighted by Gasteiger charge is 2.36. The number of aryl methyl sites for hydroxylation is 2. The predicted octanol–water partition coefficient (Wildman–Crippen LogP) is 6.71. The molecule has 0 aromatic heterocycles. The molecule has 4 aromatic rings. The van der Waals surface area contributed by atoms with E-state index in [1.54, 1.807) is 12.1 Å². The second kappa shape index (κ2) is 10.9. The maximum absolute atomic E-state index is 13.0. The molecule has 190 valence electrons. The second-order valence-corrected chi connectivity index (χ2v) is 10.1. The first-order valence-electron chi connectivity index (χ1n) is 12.2. The number of amides is 3. The lowest BCUT2D eigenvalue weighted by Gasteiger charge is -2.13. The molecule has 0 bridgehead atoms. The van der Waals surface area contributed by atoms with Crippen LogP contribution in [0, 0.1) is 13.8 Å². The van der Waals surface area contributed by atoms with Gasteiger partial charge in [0.25, 0.3) is 11.1 Å². The summed E-state index contributed by atoms with van der Waals surface area (Å²) >= 11 is 0.817. The van der Waals surface area contributed by atoms with Crippen molar-refractivity contribution in [1.29, 1.82) is 0 Å². The smallest absolute Gasteiger partial charge is 0.294 e. The molecule has 1 heterocycles. The first-order chi connectivity index (χ1) is 18.4. The molecule has 1 fully saturated rings. The number of imide groups is 1. The largest absolute Gasteiger partial charge is 0.488 e. The normalized spacial score (nSPS) is 14.4. The summed E-state index contributed by atoms with van der Waals surface area (Å²) in [5.41, 5.74) is 4.48. The van der Waals surface area contributed by atoms with Crippen molar-refractivity contribution in [2.45, 2.75) is 20.5 Å². The van der Waals surface area contributed by atoms with Crippen molar-refractivity contribution in [3.8, 4) is 5.75 Å². The van der Waals surface area contributed by atoms with Gasteiger partial charge in [-0.3, -0.25) is 19.3 Å². The summed E-state index contributed by atoms with van der Waals surface area (Å²) < 4.78 is 6.09. The number of hydrogen-bond acceptors (Lipinski definition) is 5. The van der Waals surface area contributed by atoms with E-state index in [0.717, 1.165) is 44.1 Å². The molecular weight excluding hydrogens is 496 g/mol. The van der Waals surface area contributed by atoms with E-state index in [0.29, 0.717) is 23.6 Å². The summed E-state index contributed by atoms with van der Waals surface area (Å²) in [6.45, 7) is 3.95. The average Bonchev–Trinajstić information content (AvgIpc) is 3.17. The number of benzene rings is 4. The van der Waals surface area contributed by atoms with Gasteiger partial charge in [0, 0.05) is 11.3 Å². The Hall–Kier alpha value is -4.36. The van der Waals surface area contributed by atoms with Crippen LogP contribution in [-0.2, 0) is 16.2 Å². The van der Waals surface area contributed by atoms with Gasteiger partial charge in [-0.15, -0.1) is 0 Å². The van der Waals surface area contributed by atoms with Crippen LogP contribution in [0.25, 0.3) is 16.8 Å². The summed E-state index contributed by atoms with van der Waals surface area (Å²) in [6.07, 6.45) is 1.64. The topological polar surface area (TPSA) is 75.7 Å². The number of anilines is 1. The summed E-state index contributed by atoms with van der Waals surface area (Å²) in [5, 5.41) is 4.58. The Morgan fingerprint density at radius 2 is 1.66 bits per heavy atom. The van der Waals surface area contributed by atoms with Gasteiger partial charge in [-0.1, -0.05) is 60.7 Å². The fourth-order valence-corrected chi connectivity index (χ4v) is 4.99. The maximum atomic E-state index is 13.0. The maximum Gasteiger partial charge on any atom is 0.294 e. The molecule has 1 aliphatic heterocycles. The number of para-hydroxylation sites is 1. The van der Waals surface area contributed by atoms with Gasteiger partial charge in [0.05, 0.1) is 4.91 Å². The van der Waals surface area contributed by atoms with E-state index in [9.17, 15) is 14.4 Å². The molecule has 0 saturated carbocycles. The van der Waals surface area contributed by atoms with Crippen molar-refractivity contribution < 1.29 is 19.1 Å². The number of ether oxygens (including phenoxy) is 1. The van der Waals surface area contributed by atoms with Crippen molar-refractivity contribution in [3.05, 3.63) is 112 Å². The Labute approximate surface area is 225 Å². The molecule has 4 aromatic carbocycles. The van der Waals surface area contributed by atoms with Crippen molar-refractivity contribution in [2.75, 3.05) is 11.9 Å². The molecule has 38 heavy (non-hydrogen) atoms. The molecule has 1 aliphatic rings. The molecule has 0 aliphatic carbocycles. The van der Waals surface area contributed by atoms with Crippen LogP contribution in [0.5, 0.6) is 5.75 Å². The number of thioether (sulfide) groups is 1. The Morgan fingerprint density at radius 1 is 0.895 bits per heavy atom. The van der Waals surface area contributed by atoms with Gasteiger partial charge < -0.3 is 10.1 Å². The first-order valence-corrected chi connectivity index (χ1v) is 13.0. The SMILES string of the molecule is Cc1ccc(NC(=O)CN2C(=O)S/C(=C/c3ccccc3OCc3ccc4ccccc4c3)C2=O)cc1C. The molecule has 0 atom stereocenters. The standard InChI is InChI=1S/C31H26N2O4S/c1-20-11-14-26(15-21(20)2)32-29(34)18-33-30(35)28(38-31(33)36)17-25-9-5-6-10-27(25)37-19-22-12-13-23-7-3-4-8-24(23)16-22/h3-17H,18-19H2,1-2H3,(H,32,34)/b28-17+. The predicted molar refractivity (Wildman–Crippen MR) is 152 cm³/mol. The lowest BCUT2D eigenvalue weighted by Crippen LogP contribution is -2.36. The van der Waals surface area contributed by atoms with E-state index in [2.05, 4.69) is 29.6 Å². The van der Waals surface area contributed by atoms with E-state index in [4.69, 9.17) is 4.74 Å². The molecule has 0 radical (unpaired) electrons. The highest BCUT2D eigenvalue weighted by atomic mass is 32.2. The fraction of sp³-hybridized carbons (Fsp3) is 0.129. The number of rotatable bonds is 7. The summed E-state index contributed by atoms with van der Waals surface area (Å²) in [5.74, 6) is -0.338. The molecule has 0 spiro atoms. The molecular formula is C31H26N2O4S. The third-order valence-corrected chi connectivity index (χ3v) is 7.29. The van der Waals surface area contributed by atoms with Crippen LogP contribution in [0.3, 0.4) is 0 Å². The first kappa shape index (κ1) is 25.3. The third kappa shape index (κ3) is 5.63. The number of carbonyl (C=O) groups excluding carboxylic acids is 3. The fourth-order valence-electron chi connectivity index (χ4n) is 4.16. The highest BCUT2D eigenvalue weighted by molar-refractivity contribution is 8.18. The average molecular weight is 523 g/mol. The number of carbonyl (C=O) groups is 3. The van der Waals surface area contributed by atoms with Gasteiger partial charge in [0.2, 0.25) is 5.91 Å². The van der Waals surface area contributed by atoms with Gasteiger partial charge in [-0.05, 0) is 83.4 Å². The Balaban J connectivity index is 1.27. The molecule has 3 amide bonds. The molecule has 1 N–H and O–H groups in total. The molecule has 0 unspecified atom stereocenters. The Bertz CT molecular complexity index is 1590. The minimum Gasteiger partial charge on any atom is -0.488 e. The minimum absolute atomic E-state index is 0.246. The van der Waals surface area contributed by atoms with E-state index in [-0.39, 0.29) is 11.4 Å². The molecule has 7 heteroatoms. The monoisotopic (exact) mass is 522 g/mol. The number of fused-ring (bicyclic) bond motifs is 1. The van der Waals surface area contributed by atoms with Gasteiger partial charge in [0.1, 0.15) is 18.9 Å². The number of hydrogen-bond donors (Lipinski definition) is 1. The zero-order valence-electron chi connectivity index (χ0n) is 21.1. The Morgan fingerprint density at radius 3 is 2.47 bits per heavy atom. The van der Waals surface area contributed by atoms with Gasteiger partial charge in [-0.2, -0.15) is 0 Å². The van der Waals surface area contributed by atoms with Gasteiger partial charge >= 0.3 is 0 Å². The Kier molecular flexibility index (Phi) is 7.29. The van der Waals surface area contributed by atoms with E-state index in [1.165, 1.54) is 0 Å². The highest BCUT2D eigenvalue weighted by Crippen LogP contribution is 2.34. The lowest BCUT2D eigenvalue weighted by atomic mass is 10.1. The van der Waals surface area contributed by atoms with E-state index in [1.807, 2.05) is 68.4 Å². The zero-order chi connectivity index (χ0) is 26.6. The van der Waals surface area contributed by atoms with Crippen molar-refractivity contribution in [3.63, 3.8) is 0 Å². The molecule has 1 saturated heterocycles. The van der Waals surface area contributed by atoms with Gasteiger partial charge in [-0.25, -0.2) is 0 Å². The second-order valence-electron chi connectivity index (χ2n) is 9.12. The van der Waals surface area contributed by atoms with Crippen LogP contribution < -0.4 is 10.1 Å².